The van der Waals surface area contributed by atoms with Crippen molar-refractivity contribution in [2.75, 3.05) is 0 Å². The van der Waals surface area contributed by atoms with E-state index in [1.165, 1.54) is 18.3 Å². The second-order valence-corrected chi connectivity index (χ2v) is 3.58. The summed E-state index contributed by atoms with van der Waals surface area (Å²) in [5.74, 6) is -2.53. The molecule has 96 valence electrons. The van der Waals surface area contributed by atoms with Crippen LogP contribution in [0.25, 0.3) is 5.69 Å². The average molecular weight is 261 g/mol. The fourth-order valence-electron chi connectivity index (χ4n) is 1.45. The van der Waals surface area contributed by atoms with Crippen molar-refractivity contribution in [3.63, 3.8) is 0 Å². The maximum absolute atomic E-state index is 10.9. The summed E-state index contributed by atoms with van der Waals surface area (Å²) in [5, 5.41) is 25.0. The van der Waals surface area contributed by atoms with Crippen LogP contribution in [-0.2, 0) is 0 Å². The minimum Gasteiger partial charge on any atom is -0.478 e. The lowest BCUT2D eigenvalue weighted by molar-refractivity contribution is 0.0696. The molecule has 1 heterocycles. The normalized spacial score (nSPS) is 10.1. The van der Waals surface area contributed by atoms with E-state index in [9.17, 15) is 14.4 Å². The summed E-state index contributed by atoms with van der Waals surface area (Å²) in [6.45, 7) is 0. The monoisotopic (exact) mass is 261 g/mol. The predicted molar refractivity (Wildman–Crippen MR) is 60.7 cm³/mol. The van der Waals surface area contributed by atoms with Gasteiger partial charge in [0, 0.05) is 0 Å². The zero-order valence-corrected chi connectivity index (χ0v) is 9.35. The largest absolute Gasteiger partial charge is 0.478 e. The summed E-state index contributed by atoms with van der Waals surface area (Å²) in [4.78, 5) is 32.3. The van der Waals surface area contributed by atoms with E-state index in [1.54, 1.807) is 0 Å². The number of benzene rings is 1. The highest BCUT2D eigenvalue weighted by Gasteiger charge is 2.13. The van der Waals surface area contributed by atoms with Crippen LogP contribution in [0.5, 0.6) is 0 Å². The van der Waals surface area contributed by atoms with Gasteiger partial charge >= 0.3 is 11.9 Å². The minimum atomic E-state index is -1.26. The molecule has 2 N–H and O–H groups in total. The summed E-state index contributed by atoms with van der Waals surface area (Å²) >= 11 is 0. The van der Waals surface area contributed by atoms with Crippen molar-refractivity contribution in [3.05, 3.63) is 41.2 Å². The molecule has 0 unspecified atom stereocenters. The third-order valence-corrected chi connectivity index (χ3v) is 2.31. The molecule has 0 radical (unpaired) electrons. The summed E-state index contributed by atoms with van der Waals surface area (Å²) < 4.78 is 1.13. The van der Waals surface area contributed by atoms with Crippen LogP contribution in [0.1, 0.15) is 31.2 Å². The Balaban J connectivity index is 2.58. The van der Waals surface area contributed by atoms with E-state index < -0.39 is 11.9 Å². The van der Waals surface area contributed by atoms with Gasteiger partial charge in [0.2, 0.25) is 0 Å². The maximum Gasteiger partial charge on any atom is 0.335 e. The molecule has 8 heteroatoms. The van der Waals surface area contributed by atoms with Gasteiger partial charge in [-0.3, -0.25) is 4.79 Å². The molecule has 0 spiro atoms. The standard InChI is InChI=1S/C11H7N3O5/c15-5-8-4-14(13-12-8)9-2-6(10(16)17)1-7(3-9)11(18)19/h1-5H,(H,16,17)(H,18,19). The van der Waals surface area contributed by atoms with E-state index in [0.29, 0.717) is 6.29 Å². The van der Waals surface area contributed by atoms with Crippen LogP contribution in [0.15, 0.2) is 24.4 Å². The van der Waals surface area contributed by atoms with E-state index in [-0.39, 0.29) is 22.5 Å². The molecule has 2 aromatic rings. The Labute approximate surface area is 105 Å². The van der Waals surface area contributed by atoms with Crippen molar-refractivity contribution in [3.8, 4) is 5.69 Å². The van der Waals surface area contributed by atoms with E-state index in [1.807, 2.05) is 0 Å². The van der Waals surface area contributed by atoms with Gasteiger partial charge in [0.25, 0.3) is 0 Å². The van der Waals surface area contributed by atoms with Crippen molar-refractivity contribution in [2.45, 2.75) is 0 Å². The molecule has 0 saturated heterocycles. The fraction of sp³-hybridized carbons (Fsp3) is 0. The molecule has 0 aliphatic heterocycles. The van der Waals surface area contributed by atoms with Crippen molar-refractivity contribution >= 4 is 18.2 Å². The molecule has 8 nitrogen and oxygen atoms in total. The molecular weight excluding hydrogens is 254 g/mol. The quantitative estimate of drug-likeness (QED) is 0.767. The van der Waals surface area contributed by atoms with Gasteiger partial charge in [-0.2, -0.15) is 0 Å². The van der Waals surface area contributed by atoms with Crippen molar-refractivity contribution < 1.29 is 24.6 Å². The molecule has 0 bridgehead atoms. The summed E-state index contributed by atoms with van der Waals surface area (Å²) in [5.41, 5.74) is -0.147. The van der Waals surface area contributed by atoms with Crippen LogP contribution in [-0.4, -0.2) is 43.4 Å². The number of carboxylic acids is 2. The Morgan fingerprint density at radius 1 is 1.11 bits per heavy atom. The first-order valence-electron chi connectivity index (χ1n) is 5.01. The lowest BCUT2D eigenvalue weighted by Gasteiger charge is -2.04. The first-order chi connectivity index (χ1) is 9.01. The SMILES string of the molecule is O=Cc1cn(-c2cc(C(=O)O)cc(C(=O)O)c2)nn1. The molecule has 0 amide bonds. The van der Waals surface area contributed by atoms with Crippen LogP contribution < -0.4 is 0 Å². The summed E-state index contributed by atoms with van der Waals surface area (Å²) in [6.07, 6.45) is 1.74. The Morgan fingerprint density at radius 3 is 2.11 bits per heavy atom. The highest BCUT2D eigenvalue weighted by atomic mass is 16.4. The zero-order chi connectivity index (χ0) is 14.0. The lowest BCUT2D eigenvalue weighted by Crippen LogP contribution is -2.06. The van der Waals surface area contributed by atoms with Crippen molar-refractivity contribution in [1.29, 1.82) is 0 Å². The van der Waals surface area contributed by atoms with Crippen LogP contribution in [0.3, 0.4) is 0 Å². The lowest BCUT2D eigenvalue weighted by atomic mass is 10.1. The number of hydrogen-bond acceptors (Lipinski definition) is 5. The van der Waals surface area contributed by atoms with Gasteiger partial charge in [0.15, 0.2) is 6.29 Å². The van der Waals surface area contributed by atoms with Crippen molar-refractivity contribution in [1.82, 2.24) is 15.0 Å². The molecule has 0 saturated carbocycles. The Bertz CT molecular complexity index is 644. The van der Waals surface area contributed by atoms with Crippen molar-refractivity contribution in [2.24, 2.45) is 0 Å². The average Bonchev–Trinajstić information content (AvgIpc) is 2.86. The third kappa shape index (κ3) is 2.46. The first kappa shape index (κ1) is 12.4. The zero-order valence-electron chi connectivity index (χ0n) is 9.35. The maximum atomic E-state index is 10.9. The third-order valence-electron chi connectivity index (χ3n) is 2.31. The minimum absolute atomic E-state index is 0.0533. The predicted octanol–water partition coefficient (Wildman–Crippen LogP) is 0.476. The smallest absolute Gasteiger partial charge is 0.335 e. The number of carbonyl (C=O) groups is 3. The van der Waals surface area contributed by atoms with Crippen LogP contribution in [0, 0.1) is 0 Å². The van der Waals surface area contributed by atoms with E-state index in [2.05, 4.69) is 10.3 Å². The molecule has 1 aromatic carbocycles. The second kappa shape index (κ2) is 4.69. The molecule has 2 rings (SSSR count). The first-order valence-corrected chi connectivity index (χ1v) is 5.01. The van der Waals surface area contributed by atoms with E-state index in [4.69, 9.17) is 10.2 Å². The number of aromatic carboxylic acids is 2. The highest BCUT2D eigenvalue weighted by Crippen LogP contribution is 2.14. The van der Waals surface area contributed by atoms with Gasteiger partial charge in [0.05, 0.1) is 23.0 Å². The number of aldehydes is 1. The molecule has 0 atom stereocenters. The second-order valence-electron chi connectivity index (χ2n) is 3.58. The molecule has 19 heavy (non-hydrogen) atoms. The summed E-state index contributed by atoms with van der Waals surface area (Å²) in [7, 11) is 0. The van der Waals surface area contributed by atoms with Gasteiger partial charge < -0.3 is 10.2 Å². The Kier molecular flexibility index (Phi) is 3.06. The topological polar surface area (TPSA) is 122 Å². The van der Waals surface area contributed by atoms with E-state index >= 15 is 0 Å². The molecule has 0 fully saturated rings. The van der Waals surface area contributed by atoms with Gasteiger partial charge in [-0.1, -0.05) is 5.21 Å². The van der Waals surface area contributed by atoms with E-state index in [0.717, 1.165) is 10.7 Å². The molecule has 1 aromatic heterocycles. The summed E-state index contributed by atoms with van der Waals surface area (Å²) in [6, 6.07) is 3.50. The van der Waals surface area contributed by atoms with Crippen LogP contribution in [0.2, 0.25) is 0 Å². The number of nitrogens with zero attached hydrogens (tertiary/aromatic N) is 3. The van der Waals surface area contributed by atoms with Crippen LogP contribution >= 0.6 is 0 Å². The highest BCUT2D eigenvalue weighted by molar-refractivity contribution is 5.94. The Morgan fingerprint density at radius 2 is 1.68 bits per heavy atom. The fourth-order valence-corrected chi connectivity index (χ4v) is 1.45. The van der Waals surface area contributed by atoms with Gasteiger partial charge in [0.1, 0.15) is 5.69 Å². The molecule has 0 aliphatic carbocycles. The molecule has 0 aliphatic rings. The Hall–Kier alpha value is -3.03. The van der Waals surface area contributed by atoms with Gasteiger partial charge in [-0.15, -0.1) is 5.10 Å². The number of aromatic nitrogens is 3. The van der Waals surface area contributed by atoms with Gasteiger partial charge in [-0.25, -0.2) is 14.3 Å². The van der Waals surface area contributed by atoms with Gasteiger partial charge in [-0.05, 0) is 18.2 Å². The number of rotatable bonds is 4. The molecular formula is C11H7N3O5. The number of hydrogen-bond donors (Lipinski definition) is 2. The van der Waals surface area contributed by atoms with Crippen LogP contribution in [0.4, 0.5) is 0 Å². The number of carbonyl (C=O) groups excluding carboxylic acids is 1. The number of carboxylic acid groups (broad SMARTS) is 2.